The minimum atomic E-state index is 0.0376. The zero-order valence-electron chi connectivity index (χ0n) is 11.2. The number of tetrazole rings is 1. The molecule has 1 aliphatic heterocycles. The summed E-state index contributed by atoms with van der Waals surface area (Å²) in [6, 6.07) is 0. The molecule has 0 aromatic carbocycles. The molecule has 0 bridgehead atoms. The summed E-state index contributed by atoms with van der Waals surface area (Å²) in [5.74, 6) is 0.819. The molecule has 0 aliphatic carbocycles. The standard InChI is InChI=1S/C11H21N5O2/c1-11(2,3)12-6-10-13-14-15-16(10)7-9-8-17-4-5-18-9/h9,12H,4-8H2,1-3H3. The van der Waals surface area contributed by atoms with Gasteiger partial charge in [-0.1, -0.05) is 0 Å². The van der Waals surface area contributed by atoms with Gasteiger partial charge in [0.05, 0.1) is 32.9 Å². The van der Waals surface area contributed by atoms with E-state index >= 15 is 0 Å². The van der Waals surface area contributed by atoms with Crippen LogP contribution in [0.5, 0.6) is 0 Å². The molecule has 0 saturated carbocycles. The van der Waals surface area contributed by atoms with Crippen molar-refractivity contribution in [3.63, 3.8) is 0 Å². The predicted octanol–water partition coefficient (Wildman–Crippen LogP) is -0.0234. The molecule has 1 saturated heterocycles. The molecule has 1 N–H and O–H groups in total. The van der Waals surface area contributed by atoms with E-state index in [-0.39, 0.29) is 11.6 Å². The zero-order chi connectivity index (χ0) is 13.0. The number of hydrogen-bond donors (Lipinski definition) is 1. The third kappa shape index (κ3) is 4.01. The highest BCUT2D eigenvalue weighted by Crippen LogP contribution is 2.06. The quantitative estimate of drug-likeness (QED) is 0.815. The summed E-state index contributed by atoms with van der Waals surface area (Å²) >= 11 is 0. The lowest BCUT2D eigenvalue weighted by Gasteiger charge is -2.23. The van der Waals surface area contributed by atoms with Crippen LogP contribution in [0.25, 0.3) is 0 Å². The van der Waals surface area contributed by atoms with Gasteiger partial charge in [0.15, 0.2) is 5.82 Å². The summed E-state index contributed by atoms with van der Waals surface area (Å²) in [7, 11) is 0. The smallest absolute Gasteiger partial charge is 0.165 e. The summed E-state index contributed by atoms with van der Waals surface area (Å²) in [6.07, 6.45) is 0.0376. The van der Waals surface area contributed by atoms with Gasteiger partial charge in [-0.2, -0.15) is 0 Å². The van der Waals surface area contributed by atoms with E-state index in [2.05, 4.69) is 41.6 Å². The number of rotatable bonds is 4. The van der Waals surface area contributed by atoms with Gasteiger partial charge in [0.2, 0.25) is 0 Å². The monoisotopic (exact) mass is 255 g/mol. The van der Waals surface area contributed by atoms with Crippen LogP contribution in [0.15, 0.2) is 0 Å². The molecule has 1 atom stereocenters. The van der Waals surface area contributed by atoms with Crippen LogP contribution >= 0.6 is 0 Å². The average Bonchev–Trinajstić information content (AvgIpc) is 2.74. The Labute approximate surface area is 107 Å². The number of nitrogens with one attached hydrogen (secondary N) is 1. The molecule has 0 radical (unpaired) electrons. The van der Waals surface area contributed by atoms with Crippen molar-refractivity contribution in [3.05, 3.63) is 5.82 Å². The molecular formula is C11H21N5O2. The number of aromatic nitrogens is 4. The van der Waals surface area contributed by atoms with Crippen LogP contribution in [0.3, 0.4) is 0 Å². The van der Waals surface area contributed by atoms with Crippen molar-refractivity contribution in [3.8, 4) is 0 Å². The Morgan fingerprint density at radius 1 is 1.39 bits per heavy atom. The summed E-state index contributed by atoms with van der Waals surface area (Å²) in [4.78, 5) is 0. The van der Waals surface area contributed by atoms with E-state index < -0.39 is 0 Å². The number of nitrogens with zero attached hydrogens (tertiary/aromatic N) is 4. The molecule has 18 heavy (non-hydrogen) atoms. The van der Waals surface area contributed by atoms with E-state index in [0.29, 0.717) is 32.9 Å². The summed E-state index contributed by atoms with van der Waals surface area (Å²) in [6.45, 7) is 9.52. The highest BCUT2D eigenvalue weighted by molar-refractivity contribution is 4.84. The maximum atomic E-state index is 5.59. The second-order valence-electron chi connectivity index (χ2n) is 5.45. The second-order valence-corrected chi connectivity index (χ2v) is 5.45. The molecule has 102 valence electrons. The number of hydrogen-bond acceptors (Lipinski definition) is 6. The fourth-order valence-corrected chi connectivity index (χ4v) is 1.67. The van der Waals surface area contributed by atoms with E-state index in [9.17, 15) is 0 Å². The molecule has 7 heteroatoms. The van der Waals surface area contributed by atoms with Gasteiger partial charge in [-0.15, -0.1) is 5.10 Å². The van der Waals surface area contributed by atoms with E-state index in [1.54, 1.807) is 4.68 Å². The van der Waals surface area contributed by atoms with Crippen LogP contribution in [0, 0.1) is 0 Å². The highest BCUT2D eigenvalue weighted by atomic mass is 16.6. The van der Waals surface area contributed by atoms with Crippen molar-refractivity contribution in [2.45, 2.75) is 45.5 Å². The minimum absolute atomic E-state index is 0.0376. The largest absolute Gasteiger partial charge is 0.376 e. The van der Waals surface area contributed by atoms with Crippen molar-refractivity contribution >= 4 is 0 Å². The third-order valence-corrected chi connectivity index (χ3v) is 2.64. The third-order valence-electron chi connectivity index (χ3n) is 2.64. The second kappa shape index (κ2) is 5.73. The lowest BCUT2D eigenvalue weighted by atomic mass is 10.1. The predicted molar refractivity (Wildman–Crippen MR) is 65.0 cm³/mol. The molecule has 7 nitrogen and oxygen atoms in total. The Bertz CT molecular complexity index is 368. The average molecular weight is 255 g/mol. The van der Waals surface area contributed by atoms with Gasteiger partial charge in [-0.25, -0.2) is 4.68 Å². The van der Waals surface area contributed by atoms with Gasteiger partial charge in [0, 0.05) is 5.54 Å². The van der Waals surface area contributed by atoms with Crippen molar-refractivity contribution in [2.75, 3.05) is 19.8 Å². The van der Waals surface area contributed by atoms with E-state index in [1.807, 2.05) is 0 Å². The van der Waals surface area contributed by atoms with E-state index in [1.165, 1.54) is 0 Å². The van der Waals surface area contributed by atoms with E-state index in [4.69, 9.17) is 9.47 Å². The van der Waals surface area contributed by atoms with Gasteiger partial charge >= 0.3 is 0 Å². The molecule has 2 heterocycles. The highest BCUT2D eigenvalue weighted by Gasteiger charge is 2.18. The SMILES string of the molecule is CC(C)(C)NCc1nnnn1CC1COCCO1. The molecule has 0 amide bonds. The van der Waals surface area contributed by atoms with Gasteiger partial charge in [-0.3, -0.25) is 0 Å². The van der Waals surface area contributed by atoms with Crippen LogP contribution < -0.4 is 5.32 Å². The molecule has 1 aliphatic rings. The first-order valence-corrected chi connectivity index (χ1v) is 6.24. The van der Waals surface area contributed by atoms with Crippen molar-refractivity contribution < 1.29 is 9.47 Å². The Hall–Kier alpha value is -1.05. The first-order chi connectivity index (χ1) is 8.54. The molecule has 1 aromatic rings. The lowest BCUT2D eigenvalue weighted by molar-refractivity contribution is -0.0950. The van der Waals surface area contributed by atoms with Crippen molar-refractivity contribution in [1.82, 2.24) is 25.5 Å². The van der Waals surface area contributed by atoms with Gasteiger partial charge in [0.1, 0.15) is 6.10 Å². The van der Waals surface area contributed by atoms with Crippen molar-refractivity contribution in [1.29, 1.82) is 0 Å². The maximum Gasteiger partial charge on any atom is 0.165 e. The van der Waals surface area contributed by atoms with Crippen molar-refractivity contribution in [2.24, 2.45) is 0 Å². The van der Waals surface area contributed by atoms with Crippen LogP contribution in [0.1, 0.15) is 26.6 Å². The molecule has 1 aromatic heterocycles. The minimum Gasteiger partial charge on any atom is -0.376 e. The molecule has 1 fully saturated rings. The lowest BCUT2D eigenvalue weighted by Crippen LogP contribution is -2.37. The summed E-state index contributed by atoms with van der Waals surface area (Å²) < 4.78 is 12.7. The van der Waals surface area contributed by atoms with E-state index in [0.717, 1.165) is 5.82 Å². The first kappa shape index (κ1) is 13.4. The van der Waals surface area contributed by atoms with Crippen LogP contribution in [-0.2, 0) is 22.6 Å². The van der Waals surface area contributed by atoms with Crippen LogP contribution in [-0.4, -0.2) is 51.7 Å². The maximum absolute atomic E-state index is 5.59. The molecule has 2 rings (SSSR count). The normalized spacial score (nSPS) is 21.2. The fraction of sp³-hybridized carbons (Fsp3) is 0.909. The zero-order valence-corrected chi connectivity index (χ0v) is 11.2. The molecule has 1 unspecified atom stereocenters. The Morgan fingerprint density at radius 3 is 2.89 bits per heavy atom. The van der Waals surface area contributed by atoms with Crippen LogP contribution in [0.2, 0.25) is 0 Å². The topological polar surface area (TPSA) is 74.1 Å². The van der Waals surface area contributed by atoms with Crippen LogP contribution in [0.4, 0.5) is 0 Å². The number of ether oxygens (including phenoxy) is 2. The fourth-order valence-electron chi connectivity index (χ4n) is 1.67. The van der Waals surface area contributed by atoms with Gasteiger partial charge in [-0.05, 0) is 31.2 Å². The van der Waals surface area contributed by atoms with Gasteiger partial charge < -0.3 is 14.8 Å². The first-order valence-electron chi connectivity index (χ1n) is 6.24. The Balaban J connectivity index is 1.90. The Morgan fingerprint density at radius 2 is 2.22 bits per heavy atom. The summed E-state index contributed by atoms with van der Waals surface area (Å²) in [5.41, 5.74) is 0.0429. The molecular weight excluding hydrogens is 234 g/mol. The van der Waals surface area contributed by atoms with Gasteiger partial charge in [0.25, 0.3) is 0 Å². The molecule has 0 spiro atoms. The summed E-state index contributed by atoms with van der Waals surface area (Å²) in [5, 5.41) is 15.1. The Kier molecular flexibility index (Phi) is 4.26.